The van der Waals surface area contributed by atoms with Crippen LogP contribution in [0.15, 0.2) is 28.8 Å². The molecule has 1 N–H and O–H groups in total. The topological polar surface area (TPSA) is 49.7 Å². The molecular formula is C7H7NO2. The molecular weight excluding hydrogens is 130 g/mol. The van der Waals surface area contributed by atoms with Gasteiger partial charge in [-0.3, -0.25) is 4.99 Å². The van der Waals surface area contributed by atoms with Gasteiger partial charge < -0.3 is 5.11 Å². The SMILES string of the molecule is O=C(O)C1=CC=NCC=C1. The van der Waals surface area contributed by atoms with E-state index in [9.17, 15) is 4.79 Å². The molecule has 3 nitrogen and oxygen atoms in total. The van der Waals surface area contributed by atoms with E-state index in [-0.39, 0.29) is 5.57 Å². The zero-order chi connectivity index (χ0) is 7.40. The van der Waals surface area contributed by atoms with Crippen molar-refractivity contribution in [3.05, 3.63) is 23.8 Å². The Bertz CT molecular complexity index is 226. The molecule has 0 aromatic carbocycles. The third kappa shape index (κ3) is 1.55. The Balaban J connectivity index is 2.83. The summed E-state index contributed by atoms with van der Waals surface area (Å²) in [6.07, 6.45) is 6.24. The van der Waals surface area contributed by atoms with Gasteiger partial charge in [0.05, 0.1) is 12.1 Å². The van der Waals surface area contributed by atoms with Gasteiger partial charge in [0.1, 0.15) is 0 Å². The lowest BCUT2D eigenvalue weighted by atomic mass is 10.2. The van der Waals surface area contributed by atoms with Crippen LogP contribution in [-0.4, -0.2) is 23.8 Å². The average molecular weight is 137 g/mol. The zero-order valence-corrected chi connectivity index (χ0v) is 5.32. The van der Waals surface area contributed by atoms with Crippen LogP contribution in [0.2, 0.25) is 0 Å². The molecule has 0 fully saturated rings. The van der Waals surface area contributed by atoms with E-state index in [1.165, 1.54) is 12.3 Å². The molecule has 0 aliphatic carbocycles. The van der Waals surface area contributed by atoms with Crippen molar-refractivity contribution in [1.29, 1.82) is 0 Å². The Morgan fingerprint density at radius 2 is 2.50 bits per heavy atom. The van der Waals surface area contributed by atoms with Crippen molar-refractivity contribution in [2.75, 3.05) is 6.54 Å². The Morgan fingerprint density at radius 1 is 1.70 bits per heavy atom. The van der Waals surface area contributed by atoms with Crippen molar-refractivity contribution in [3.63, 3.8) is 0 Å². The molecule has 0 saturated carbocycles. The van der Waals surface area contributed by atoms with Crippen LogP contribution in [0.3, 0.4) is 0 Å². The molecule has 0 unspecified atom stereocenters. The highest BCUT2D eigenvalue weighted by Gasteiger charge is 2.01. The third-order valence-electron chi connectivity index (χ3n) is 1.11. The minimum absolute atomic E-state index is 0.279. The Morgan fingerprint density at radius 3 is 3.20 bits per heavy atom. The summed E-state index contributed by atoms with van der Waals surface area (Å²) in [7, 11) is 0. The maximum absolute atomic E-state index is 10.3. The van der Waals surface area contributed by atoms with Gasteiger partial charge in [0.25, 0.3) is 0 Å². The number of aliphatic carboxylic acids is 1. The van der Waals surface area contributed by atoms with Gasteiger partial charge in [0.15, 0.2) is 0 Å². The van der Waals surface area contributed by atoms with E-state index in [1.54, 1.807) is 12.2 Å². The van der Waals surface area contributed by atoms with Gasteiger partial charge in [-0.2, -0.15) is 0 Å². The first-order chi connectivity index (χ1) is 4.80. The molecule has 0 atom stereocenters. The van der Waals surface area contributed by atoms with Gasteiger partial charge in [-0.25, -0.2) is 4.79 Å². The summed E-state index contributed by atoms with van der Waals surface area (Å²) < 4.78 is 0. The van der Waals surface area contributed by atoms with Crippen LogP contribution in [0.5, 0.6) is 0 Å². The summed E-state index contributed by atoms with van der Waals surface area (Å²) in [5, 5.41) is 8.48. The highest BCUT2D eigenvalue weighted by atomic mass is 16.4. The molecule has 0 spiro atoms. The highest BCUT2D eigenvalue weighted by molar-refractivity contribution is 5.95. The molecule has 0 amide bonds. The van der Waals surface area contributed by atoms with Crippen molar-refractivity contribution in [2.45, 2.75) is 0 Å². The van der Waals surface area contributed by atoms with Crippen LogP contribution >= 0.6 is 0 Å². The molecule has 1 heterocycles. The molecule has 0 aromatic heterocycles. The van der Waals surface area contributed by atoms with E-state index >= 15 is 0 Å². The normalized spacial score (nSPS) is 16.2. The maximum atomic E-state index is 10.3. The van der Waals surface area contributed by atoms with Crippen molar-refractivity contribution in [3.8, 4) is 0 Å². The third-order valence-corrected chi connectivity index (χ3v) is 1.11. The van der Waals surface area contributed by atoms with Crippen LogP contribution in [0.1, 0.15) is 0 Å². The Hall–Kier alpha value is -1.38. The van der Waals surface area contributed by atoms with Gasteiger partial charge in [-0.1, -0.05) is 6.08 Å². The fraction of sp³-hybridized carbons (Fsp3) is 0.143. The van der Waals surface area contributed by atoms with Gasteiger partial charge in [-0.05, 0) is 12.2 Å². The van der Waals surface area contributed by atoms with Crippen molar-refractivity contribution in [2.24, 2.45) is 4.99 Å². The largest absolute Gasteiger partial charge is 0.478 e. The molecule has 1 rings (SSSR count). The van der Waals surface area contributed by atoms with E-state index in [1.807, 2.05) is 0 Å². The number of hydrogen-bond acceptors (Lipinski definition) is 2. The van der Waals surface area contributed by atoms with E-state index in [0.29, 0.717) is 6.54 Å². The number of aliphatic imine (C=N–C) groups is 1. The van der Waals surface area contributed by atoms with Gasteiger partial charge in [-0.15, -0.1) is 0 Å². The van der Waals surface area contributed by atoms with Crippen molar-refractivity contribution < 1.29 is 9.90 Å². The predicted molar refractivity (Wildman–Crippen MR) is 38.2 cm³/mol. The number of allylic oxidation sites excluding steroid dienone is 1. The summed E-state index contributed by atoms with van der Waals surface area (Å²) in [5.74, 6) is -0.912. The van der Waals surface area contributed by atoms with E-state index in [2.05, 4.69) is 4.99 Å². The number of nitrogens with zero attached hydrogens (tertiary/aromatic N) is 1. The fourth-order valence-electron chi connectivity index (χ4n) is 0.633. The minimum atomic E-state index is -0.912. The van der Waals surface area contributed by atoms with Crippen LogP contribution in [0.25, 0.3) is 0 Å². The Kier molecular flexibility index (Phi) is 1.99. The maximum Gasteiger partial charge on any atom is 0.335 e. The number of rotatable bonds is 1. The molecule has 52 valence electrons. The molecule has 1 aliphatic rings. The van der Waals surface area contributed by atoms with Crippen molar-refractivity contribution >= 4 is 12.2 Å². The summed E-state index contributed by atoms with van der Waals surface area (Å²) in [5.41, 5.74) is 0.279. The highest BCUT2D eigenvalue weighted by Crippen LogP contribution is 1.98. The summed E-state index contributed by atoms with van der Waals surface area (Å²) in [4.78, 5) is 14.2. The summed E-state index contributed by atoms with van der Waals surface area (Å²) in [6, 6.07) is 0. The zero-order valence-electron chi connectivity index (χ0n) is 5.32. The molecule has 0 bridgehead atoms. The number of carbonyl (C=O) groups is 1. The molecule has 0 saturated heterocycles. The van der Waals surface area contributed by atoms with Gasteiger partial charge in [0.2, 0.25) is 0 Å². The molecule has 3 heteroatoms. The molecule has 10 heavy (non-hydrogen) atoms. The molecule has 0 radical (unpaired) electrons. The smallest absolute Gasteiger partial charge is 0.335 e. The summed E-state index contributed by atoms with van der Waals surface area (Å²) >= 11 is 0. The van der Waals surface area contributed by atoms with E-state index in [4.69, 9.17) is 5.11 Å². The molecule has 1 aliphatic heterocycles. The Labute approximate surface area is 58.4 Å². The number of carboxylic acid groups (broad SMARTS) is 1. The second kappa shape index (κ2) is 2.96. The second-order valence-corrected chi connectivity index (χ2v) is 1.84. The lowest BCUT2D eigenvalue weighted by Crippen LogP contribution is -1.96. The first-order valence-corrected chi connectivity index (χ1v) is 2.90. The number of carboxylic acids is 1. The van der Waals surface area contributed by atoms with Crippen LogP contribution in [-0.2, 0) is 4.79 Å². The monoisotopic (exact) mass is 137 g/mol. The second-order valence-electron chi connectivity index (χ2n) is 1.84. The quantitative estimate of drug-likeness (QED) is 0.576. The van der Waals surface area contributed by atoms with E-state index in [0.717, 1.165) is 0 Å². The lowest BCUT2D eigenvalue weighted by molar-refractivity contribution is -0.132. The lowest BCUT2D eigenvalue weighted by Gasteiger charge is -1.87. The van der Waals surface area contributed by atoms with Crippen molar-refractivity contribution in [1.82, 2.24) is 0 Å². The van der Waals surface area contributed by atoms with Gasteiger partial charge >= 0.3 is 5.97 Å². The first kappa shape index (κ1) is 6.74. The van der Waals surface area contributed by atoms with E-state index < -0.39 is 5.97 Å². The minimum Gasteiger partial charge on any atom is -0.478 e. The molecule has 0 aromatic rings. The first-order valence-electron chi connectivity index (χ1n) is 2.90. The fourth-order valence-corrected chi connectivity index (χ4v) is 0.633. The average Bonchev–Trinajstić information content (AvgIpc) is 2.12. The van der Waals surface area contributed by atoms with Crippen LogP contribution < -0.4 is 0 Å². The predicted octanol–water partition coefficient (Wildman–Crippen LogP) is 0.638. The standard InChI is InChI=1S/C7H7NO2/c9-7(10)6-2-1-4-8-5-3-6/h1-3,5H,4H2,(H,9,10). The van der Waals surface area contributed by atoms with Crippen LogP contribution in [0.4, 0.5) is 0 Å². The van der Waals surface area contributed by atoms with Gasteiger partial charge in [0, 0.05) is 6.21 Å². The van der Waals surface area contributed by atoms with Crippen LogP contribution in [0, 0.1) is 0 Å². The number of hydrogen-bond donors (Lipinski definition) is 1. The summed E-state index contributed by atoms with van der Waals surface area (Å²) in [6.45, 7) is 0.563.